The van der Waals surface area contributed by atoms with E-state index in [4.69, 9.17) is 4.74 Å². The minimum absolute atomic E-state index is 0. The SMILES string of the molecule is C1COCCN1.[Pb]. The van der Waals surface area contributed by atoms with Crippen LogP contribution in [0, 0.1) is 0 Å². The Morgan fingerprint density at radius 3 is 1.86 bits per heavy atom. The molecule has 1 saturated heterocycles. The normalized spacial score (nSPS) is 20.6. The predicted octanol–water partition coefficient (Wildman–Crippen LogP) is -0.775. The van der Waals surface area contributed by atoms with E-state index in [-0.39, 0.29) is 27.3 Å². The van der Waals surface area contributed by atoms with Gasteiger partial charge in [0.15, 0.2) is 0 Å². The molecule has 3 heteroatoms. The summed E-state index contributed by atoms with van der Waals surface area (Å²) in [7, 11) is 0. The van der Waals surface area contributed by atoms with Crippen LogP contribution in [0.1, 0.15) is 0 Å². The zero-order valence-electron chi connectivity index (χ0n) is 4.24. The molecule has 7 heavy (non-hydrogen) atoms. The van der Waals surface area contributed by atoms with E-state index in [0.29, 0.717) is 0 Å². The van der Waals surface area contributed by atoms with Crippen LogP contribution in [0.25, 0.3) is 0 Å². The van der Waals surface area contributed by atoms with Crippen LogP contribution in [0.5, 0.6) is 0 Å². The Balaban J connectivity index is 0.000000360. The van der Waals surface area contributed by atoms with Gasteiger partial charge in [-0.25, -0.2) is 0 Å². The van der Waals surface area contributed by atoms with Crippen LogP contribution in [0.15, 0.2) is 0 Å². The van der Waals surface area contributed by atoms with Crippen molar-refractivity contribution in [3.05, 3.63) is 0 Å². The topological polar surface area (TPSA) is 21.3 Å². The molecule has 0 aromatic rings. The first kappa shape index (κ1) is 7.84. The number of hydrogen-bond donors (Lipinski definition) is 1. The molecule has 1 rings (SSSR count). The summed E-state index contributed by atoms with van der Waals surface area (Å²) in [5, 5.41) is 3.16. The number of hydrogen-bond acceptors (Lipinski definition) is 2. The zero-order chi connectivity index (χ0) is 4.24. The van der Waals surface area contributed by atoms with E-state index in [1.807, 2.05) is 0 Å². The van der Waals surface area contributed by atoms with Gasteiger partial charge in [-0.05, 0) is 0 Å². The molecule has 40 valence electrons. The third kappa shape index (κ3) is 3.43. The van der Waals surface area contributed by atoms with Crippen molar-refractivity contribution < 1.29 is 4.74 Å². The Labute approximate surface area is 63.8 Å². The number of ether oxygens (including phenoxy) is 1. The van der Waals surface area contributed by atoms with Gasteiger partial charge in [0, 0.05) is 40.4 Å². The smallest absolute Gasteiger partial charge is 0.0591 e. The van der Waals surface area contributed by atoms with E-state index in [9.17, 15) is 0 Å². The second kappa shape index (κ2) is 4.99. The van der Waals surface area contributed by atoms with E-state index in [1.165, 1.54) is 0 Å². The van der Waals surface area contributed by atoms with Crippen molar-refractivity contribution in [1.82, 2.24) is 5.32 Å². The Hall–Kier alpha value is 0.842. The number of morpholine rings is 1. The summed E-state index contributed by atoms with van der Waals surface area (Å²) in [5.41, 5.74) is 0. The van der Waals surface area contributed by atoms with Crippen LogP contribution < -0.4 is 5.32 Å². The Morgan fingerprint density at radius 1 is 1.14 bits per heavy atom. The first-order valence-corrected chi connectivity index (χ1v) is 2.28. The third-order valence-corrected chi connectivity index (χ3v) is 0.846. The maximum Gasteiger partial charge on any atom is 0.0591 e. The quantitative estimate of drug-likeness (QED) is 0.592. The average Bonchev–Trinajstić information content (AvgIpc) is 1.72. The molecule has 1 N–H and O–H groups in total. The number of nitrogens with one attached hydrogen (secondary N) is 1. The fourth-order valence-electron chi connectivity index (χ4n) is 0.516. The summed E-state index contributed by atoms with van der Waals surface area (Å²) in [6.07, 6.45) is 0. The van der Waals surface area contributed by atoms with Crippen LogP contribution in [-0.2, 0) is 4.74 Å². The minimum atomic E-state index is 0. The minimum Gasteiger partial charge on any atom is -0.379 e. The van der Waals surface area contributed by atoms with Crippen LogP contribution in [0.3, 0.4) is 0 Å². The molecular weight excluding hydrogens is 285 g/mol. The predicted molar refractivity (Wildman–Crippen MR) is 29.4 cm³/mol. The monoisotopic (exact) mass is 295 g/mol. The van der Waals surface area contributed by atoms with Crippen molar-refractivity contribution >= 4 is 27.3 Å². The van der Waals surface area contributed by atoms with Crippen molar-refractivity contribution in [1.29, 1.82) is 0 Å². The first-order valence-electron chi connectivity index (χ1n) is 2.28. The molecule has 1 aliphatic rings. The summed E-state index contributed by atoms with van der Waals surface area (Å²) in [6.45, 7) is 3.83. The molecule has 0 amide bonds. The van der Waals surface area contributed by atoms with E-state index < -0.39 is 0 Å². The summed E-state index contributed by atoms with van der Waals surface area (Å²) in [5.74, 6) is 0. The molecule has 0 saturated carbocycles. The molecule has 0 unspecified atom stereocenters. The van der Waals surface area contributed by atoms with Gasteiger partial charge in [0.2, 0.25) is 0 Å². The van der Waals surface area contributed by atoms with E-state index in [0.717, 1.165) is 26.3 Å². The van der Waals surface area contributed by atoms with Gasteiger partial charge in [-0.2, -0.15) is 0 Å². The molecule has 0 aromatic carbocycles. The summed E-state index contributed by atoms with van der Waals surface area (Å²) >= 11 is 0. The van der Waals surface area contributed by atoms with Gasteiger partial charge >= 0.3 is 0 Å². The first-order chi connectivity index (χ1) is 3.00. The second-order valence-electron chi connectivity index (χ2n) is 1.36. The number of rotatable bonds is 0. The van der Waals surface area contributed by atoms with E-state index >= 15 is 0 Å². The van der Waals surface area contributed by atoms with Crippen molar-refractivity contribution in [3.8, 4) is 0 Å². The van der Waals surface area contributed by atoms with Crippen molar-refractivity contribution in [2.75, 3.05) is 26.3 Å². The van der Waals surface area contributed by atoms with Crippen LogP contribution in [0.4, 0.5) is 0 Å². The Bertz CT molecular complexity index is 27.2. The fraction of sp³-hybridized carbons (Fsp3) is 1.00. The van der Waals surface area contributed by atoms with Crippen molar-refractivity contribution in [3.63, 3.8) is 0 Å². The molecule has 0 bridgehead atoms. The summed E-state index contributed by atoms with van der Waals surface area (Å²) in [4.78, 5) is 0. The second-order valence-corrected chi connectivity index (χ2v) is 1.36. The Morgan fingerprint density at radius 2 is 1.71 bits per heavy atom. The molecule has 1 heterocycles. The largest absolute Gasteiger partial charge is 0.379 e. The van der Waals surface area contributed by atoms with Crippen LogP contribution in [0.2, 0.25) is 0 Å². The van der Waals surface area contributed by atoms with Gasteiger partial charge < -0.3 is 10.1 Å². The summed E-state index contributed by atoms with van der Waals surface area (Å²) in [6, 6.07) is 0. The molecule has 1 fully saturated rings. The maximum atomic E-state index is 5.01. The van der Waals surface area contributed by atoms with Crippen LogP contribution >= 0.6 is 0 Å². The Kier molecular flexibility index (Phi) is 5.59. The van der Waals surface area contributed by atoms with E-state index in [1.54, 1.807) is 0 Å². The van der Waals surface area contributed by atoms with Gasteiger partial charge in [0.1, 0.15) is 0 Å². The molecule has 0 aromatic heterocycles. The van der Waals surface area contributed by atoms with Gasteiger partial charge in [-0.1, -0.05) is 0 Å². The standard InChI is InChI=1S/C4H9NO.Pb/c1-3-6-4-2-5-1;/h5H,1-4H2;. The van der Waals surface area contributed by atoms with Gasteiger partial charge in [-0.15, -0.1) is 0 Å². The molecular formula is C4H9NOPb. The molecule has 4 radical (unpaired) electrons. The molecule has 1 aliphatic heterocycles. The van der Waals surface area contributed by atoms with Gasteiger partial charge in [0.25, 0.3) is 0 Å². The third-order valence-electron chi connectivity index (χ3n) is 0.846. The van der Waals surface area contributed by atoms with Gasteiger partial charge in [0.05, 0.1) is 13.2 Å². The zero-order valence-corrected chi connectivity index (χ0v) is 8.12. The van der Waals surface area contributed by atoms with Crippen molar-refractivity contribution in [2.24, 2.45) is 0 Å². The van der Waals surface area contributed by atoms with Crippen molar-refractivity contribution in [2.45, 2.75) is 0 Å². The average molecular weight is 294 g/mol. The molecule has 0 atom stereocenters. The maximum absolute atomic E-state index is 5.01. The van der Waals surface area contributed by atoms with Crippen LogP contribution in [-0.4, -0.2) is 53.6 Å². The molecule has 0 spiro atoms. The summed E-state index contributed by atoms with van der Waals surface area (Å²) < 4.78 is 5.01. The fourth-order valence-corrected chi connectivity index (χ4v) is 0.516. The molecule has 0 aliphatic carbocycles. The van der Waals surface area contributed by atoms with E-state index in [2.05, 4.69) is 5.32 Å². The molecule has 2 nitrogen and oxygen atoms in total. The van der Waals surface area contributed by atoms with Gasteiger partial charge in [-0.3, -0.25) is 0 Å².